The summed E-state index contributed by atoms with van der Waals surface area (Å²) in [7, 11) is 0. The van der Waals surface area contributed by atoms with Crippen LogP contribution in [0.4, 0.5) is 0 Å². The molecular formula is C15H14BrN3O2. The molecule has 0 fully saturated rings. The van der Waals surface area contributed by atoms with Gasteiger partial charge in [0.15, 0.2) is 6.10 Å². The van der Waals surface area contributed by atoms with E-state index < -0.39 is 6.10 Å². The van der Waals surface area contributed by atoms with Gasteiger partial charge in [-0.25, -0.2) is 5.43 Å². The molecule has 21 heavy (non-hydrogen) atoms. The highest BCUT2D eigenvalue weighted by Gasteiger charge is 2.14. The Morgan fingerprint density at radius 3 is 2.90 bits per heavy atom. The Kier molecular flexibility index (Phi) is 5.45. The van der Waals surface area contributed by atoms with Gasteiger partial charge in [0.25, 0.3) is 5.91 Å². The van der Waals surface area contributed by atoms with E-state index >= 15 is 0 Å². The van der Waals surface area contributed by atoms with Crippen LogP contribution >= 0.6 is 15.9 Å². The molecule has 0 unspecified atom stereocenters. The van der Waals surface area contributed by atoms with Crippen LogP contribution in [0.15, 0.2) is 58.4 Å². The fourth-order valence-corrected chi connectivity index (χ4v) is 1.88. The molecular weight excluding hydrogens is 334 g/mol. The van der Waals surface area contributed by atoms with Crippen LogP contribution in [-0.2, 0) is 4.79 Å². The Labute approximate surface area is 131 Å². The number of benzene rings is 1. The third kappa shape index (κ3) is 4.68. The van der Waals surface area contributed by atoms with Crippen LogP contribution in [0.2, 0.25) is 0 Å². The van der Waals surface area contributed by atoms with Gasteiger partial charge in [-0.15, -0.1) is 0 Å². The number of halogens is 1. The van der Waals surface area contributed by atoms with Crippen molar-refractivity contribution in [2.24, 2.45) is 5.10 Å². The van der Waals surface area contributed by atoms with E-state index in [9.17, 15) is 4.79 Å². The molecule has 5 nitrogen and oxygen atoms in total. The average molecular weight is 348 g/mol. The average Bonchev–Trinajstić information content (AvgIpc) is 2.50. The second-order valence-corrected chi connectivity index (χ2v) is 5.07. The van der Waals surface area contributed by atoms with E-state index in [2.05, 4.69) is 31.4 Å². The first-order valence-electron chi connectivity index (χ1n) is 6.31. The van der Waals surface area contributed by atoms with Crippen LogP contribution in [0.3, 0.4) is 0 Å². The molecule has 1 aromatic carbocycles. The van der Waals surface area contributed by atoms with Crippen molar-refractivity contribution in [1.29, 1.82) is 0 Å². The number of carbonyl (C=O) groups excluding carboxylic acids is 1. The first kappa shape index (κ1) is 15.2. The summed E-state index contributed by atoms with van der Waals surface area (Å²) in [5.74, 6) is 0.280. The van der Waals surface area contributed by atoms with Crippen LogP contribution in [0.25, 0.3) is 0 Å². The number of hydrogen-bond donors (Lipinski definition) is 1. The highest BCUT2D eigenvalue weighted by molar-refractivity contribution is 9.10. The summed E-state index contributed by atoms with van der Waals surface area (Å²) in [6, 6.07) is 11.0. The van der Waals surface area contributed by atoms with Crippen molar-refractivity contribution in [3.63, 3.8) is 0 Å². The number of pyridine rings is 1. The van der Waals surface area contributed by atoms with E-state index in [1.807, 2.05) is 24.3 Å². The van der Waals surface area contributed by atoms with Crippen molar-refractivity contribution < 1.29 is 9.53 Å². The quantitative estimate of drug-likeness (QED) is 0.668. The number of para-hydroxylation sites is 1. The SMILES string of the molecule is C[C@@H](Oc1ccccc1Br)C(=O)N/N=C\c1cccnc1. The highest BCUT2D eigenvalue weighted by Crippen LogP contribution is 2.24. The molecule has 0 spiro atoms. The van der Waals surface area contributed by atoms with Gasteiger partial charge in [-0.2, -0.15) is 5.10 Å². The minimum Gasteiger partial charge on any atom is -0.480 e. The lowest BCUT2D eigenvalue weighted by molar-refractivity contribution is -0.127. The Morgan fingerprint density at radius 2 is 2.19 bits per heavy atom. The molecule has 0 saturated carbocycles. The molecule has 1 heterocycles. The van der Waals surface area contributed by atoms with E-state index in [1.54, 1.807) is 31.5 Å². The monoisotopic (exact) mass is 347 g/mol. The van der Waals surface area contributed by atoms with Crippen molar-refractivity contribution >= 4 is 28.1 Å². The number of ether oxygens (including phenoxy) is 1. The molecule has 1 amide bonds. The molecule has 0 saturated heterocycles. The second-order valence-electron chi connectivity index (χ2n) is 4.21. The summed E-state index contributed by atoms with van der Waals surface area (Å²) in [6.45, 7) is 1.66. The standard InChI is InChI=1S/C15H14BrN3O2/c1-11(21-14-7-3-2-6-13(14)16)15(20)19-18-10-12-5-4-8-17-9-12/h2-11H,1H3,(H,19,20)/b18-10-/t11-/m1/s1. The van der Waals surface area contributed by atoms with Crippen LogP contribution in [0, 0.1) is 0 Å². The van der Waals surface area contributed by atoms with E-state index in [1.165, 1.54) is 6.21 Å². The molecule has 1 atom stereocenters. The van der Waals surface area contributed by atoms with Gasteiger partial charge in [-0.3, -0.25) is 9.78 Å². The number of amides is 1. The molecule has 2 rings (SSSR count). The lowest BCUT2D eigenvalue weighted by Crippen LogP contribution is -2.33. The predicted molar refractivity (Wildman–Crippen MR) is 84.2 cm³/mol. The van der Waals surface area contributed by atoms with Crippen molar-refractivity contribution in [3.05, 3.63) is 58.8 Å². The summed E-state index contributed by atoms with van der Waals surface area (Å²) < 4.78 is 6.36. The van der Waals surface area contributed by atoms with Crippen LogP contribution in [0.1, 0.15) is 12.5 Å². The highest BCUT2D eigenvalue weighted by atomic mass is 79.9. The van der Waals surface area contributed by atoms with Gasteiger partial charge in [0.05, 0.1) is 10.7 Å². The fourth-order valence-electron chi connectivity index (χ4n) is 1.50. The second kappa shape index (κ2) is 7.54. The zero-order valence-electron chi connectivity index (χ0n) is 11.4. The lowest BCUT2D eigenvalue weighted by Gasteiger charge is -2.13. The van der Waals surface area contributed by atoms with Gasteiger partial charge >= 0.3 is 0 Å². The normalized spacial score (nSPS) is 12.1. The lowest BCUT2D eigenvalue weighted by atomic mass is 10.3. The number of carbonyl (C=O) groups is 1. The Hall–Kier alpha value is -2.21. The minimum absolute atomic E-state index is 0.328. The van der Waals surface area contributed by atoms with E-state index in [-0.39, 0.29) is 5.91 Å². The number of hydrogen-bond acceptors (Lipinski definition) is 4. The third-order valence-corrected chi connectivity index (χ3v) is 3.24. The molecule has 0 aliphatic heterocycles. The molecule has 0 aliphatic rings. The van der Waals surface area contributed by atoms with Gasteiger partial charge in [-0.05, 0) is 41.1 Å². The zero-order valence-corrected chi connectivity index (χ0v) is 12.9. The predicted octanol–water partition coefficient (Wildman–Crippen LogP) is 2.76. The summed E-state index contributed by atoms with van der Waals surface area (Å²) >= 11 is 3.36. The Morgan fingerprint density at radius 1 is 1.38 bits per heavy atom. The Bertz CT molecular complexity index is 632. The molecule has 0 radical (unpaired) electrons. The Balaban J connectivity index is 1.88. The van der Waals surface area contributed by atoms with E-state index in [0.717, 1.165) is 10.0 Å². The van der Waals surface area contributed by atoms with Crippen molar-refractivity contribution in [2.45, 2.75) is 13.0 Å². The molecule has 1 N–H and O–H groups in total. The molecule has 108 valence electrons. The van der Waals surface area contributed by atoms with Crippen LogP contribution in [-0.4, -0.2) is 23.2 Å². The van der Waals surface area contributed by atoms with Crippen LogP contribution in [0.5, 0.6) is 5.75 Å². The summed E-state index contributed by atoms with van der Waals surface area (Å²) in [6.07, 6.45) is 4.19. The molecule has 0 bridgehead atoms. The van der Waals surface area contributed by atoms with Gasteiger partial charge in [-0.1, -0.05) is 18.2 Å². The van der Waals surface area contributed by atoms with Crippen molar-refractivity contribution in [2.75, 3.05) is 0 Å². The number of rotatable bonds is 5. The summed E-state index contributed by atoms with van der Waals surface area (Å²) in [5.41, 5.74) is 3.24. The number of nitrogens with one attached hydrogen (secondary N) is 1. The van der Waals surface area contributed by atoms with Gasteiger partial charge < -0.3 is 4.74 Å². The van der Waals surface area contributed by atoms with Crippen molar-refractivity contribution in [3.8, 4) is 5.75 Å². The van der Waals surface area contributed by atoms with E-state index in [0.29, 0.717) is 5.75 Å². The summed E-state index contributed by atoms with van der Waals surface area (Å²) in [4.78, 5) is 15.8. The number of hydrazone groups is 1. The van der Waals surface area contributed by atoms with Crippen molar-refractivity contribution in [1.82, 2.24) is 10.4 Å². The van der Waals surface area contributed by atoms with Crippen LogP contribution < -0.4 is 10.2 Å². The van der Waals surface area contributed by atoms with E-state index in [4.69, 9.17) is 4.74 Å². The molecule has 6 heteroatoms. The maximum Gasteiger partial charge on any atom is 0.280 e. The third-order valence-electron chi connectivity index (χ3n) is 2.58. The molecule has 1 aromatic heterocycles. The topological polar surface area (TPSA) is 63.6 Å². The molecule has 0 aliphatic carbocycles. The maximum atomic E-state index is 11.9. The number of nitrogens with zero attached hydrogens (tertiary/aromatic N) is 2. The fraction of sp³-hybridized carbons (Fsp3) is 0.133. The largest absolute Gasteiger partial charge is 0.480 e. The smallest absolute Gasteiger partial charge is 0.280 e. The van der Waals surface area contributed by atoms with Gasteiger partial charge in [0, 0.05) is 18.0 Å². The summed E-state index contributed by atoms with van der Waals surface area (Å²) in [5, 5.41) is 3.87. The van der Waals surface area contributed by atoms with Gasteiger partial charge in [0.1, 0.15) is 5.75 Å². The first-order chi connectivity index (χ1) is 10.2. The van der Waals surface area contributed by atoms with Gasteiger partial charge in [0.2, 0.25) is 0 Å². The minimum atomic E-state index is -0.658. The molecule has 2 aromatic rings. The first-order valence-corrected chi connectivity index (χ1v) is 7.10. The maximum absolute atomic E-state index is 11.9. The zero-order chi connectivity index (χ0) is 15.1. The number of aromatic nitrogens is 1.